The Morgan fingerprint density at radius 3 is 3.18 bits per heavy atom. The number of benzene rings is 1. The van der Waals surface area contributed by atoms with Crippen LogP contribution in [-0.2, 0) is 0 Å². The highest BCUT2D eigenvalue weighted by Crippen LogP contribution is 2.27. The van der Waals surface area contributed by atoms with Crippen LogP contribution < -0.4 is 5.32 Å². The lowest BCUT2D eigenvalue weighted by Gasteiger charge is -2.20. The zero-order valence-corrected chi connectivity index (χ0v) is 13.3. The number of hydrogen-bond donors (Lipinski definition) is 1. The fraction of sp³-hybridized carbons (Fsp3) is 0.417. The number of amidine groups is 1. The van der Waals surface area contributed by atoms with Crippen molar-refractivity contribution < 1.29 is 0 Å². The second kappa shape index (κ2) is 6.29. The van der Waals surface area contributed by atoms with Crippen molar-refractivity contribution in [2.24, 2.45) is 4.99 Å². The molecule has 1 aromatic rings. The maximum atomic E-state index is 6.16. The van der Waals surface area contributed by atoms with E-state index in [0.29, 0.717) is 6.04 Å². The van der Waals surface area contributed by atoms with Gasteiger partial charge in [-0.1, -0.05) is 30.3 Å². The molecule has 0 amide bonds. The van der Waals surface area contributed by atoms with Crippen molar-refractivity contribution >= 4 is 56.8 Å². The van der Waals surface area contributed by atoms with Gasteiger partial charge in [-0.25, -0.2) is 0 Å². The molecule has 1 atom stereocenters. The van der Waals surface area contributed by atoms with E-state index in [-0.39, 0.29) is 0 Å². The standard InChI is InChI=1S/C12H14ClIN2S/c1-2-9-5-6-17-12(15-9)16-11-7-8(14)3-4-10(11)13/h3-4,7,9H,2,5-6H2,1H3,(H,15,16). The molecule has 92 valence electrons. The van der Waals surface area contributed by atoms with Crippen LogP contribution in [0.1, 0.15) is 19.8 Å². The summed E-state index contributed by atoms with van der Waals surface area (Å²) in [5.41, 5.74) is 0.946. The lowest BCUT2D eigenvalue weighted by Crippen LogP contribution is -2.19. The molecule has 0 saturated heterocycles. The molecule has 1 N–H and O–H groups in total. The van der Waals surface area contributed by atoms with Crippen LogP contribution in [0.5, 0.6) is 0 Å². The maximum absolute atomic E-state index is 6.16. The zero-order valence-electron chi connectivity index (χ0n) is 9.54. The van der Waals surface area contributed by atoms with Crippen molar-refractivity contribution in [3.05, 3.63) is 26.8 Å². The molecule has 1 heterocycles. The van der Waals surface area contributed by atoms with Gasteiger partial charge in [0.15, 0.2) is 5.17 Å². The molecule has 0 radical (unpaired) electrons. The molecule has 1 aromatic carbocycles. The molecule has 0 fully saturated rings. The number of nitrogens with one attached hydrogen (secondary N) is 1. The highest BCUT2D eigenvalue weighted by Gasteiger charge is 2.14. The quantitative estimate of drug-likeness (QED) is 0.757. The predicted octanol–water partition coefficient (Wildman–Crippen LogP) is 4.63. The molecule has 5 heteroatoms. The van der Waals surface area contributed by atoms with Crippen LogP contribution in [0.4, 0.5) is 5.69 Å². The molecule has 0 aromatic heterocycles. The number of anilines is 1. The second-order valence-electron chi connectivity index (χ2n) is 3.88. The monoisotopic (exact) mass is 380 g/mol. The number of rotatable bonds is 2. The average molecular weight is 381 g/mol. The molecule has 1 aliphatic heterocycles. The largest absolute Gasteiger partial charge is 0.334 e. The van der Waals surface area contributed by atoms with Gasteiger partial charge in [0.05, 0.1) is 16.8 Å². The van der Waals surface area contributed by atoms with Gasteiger partial charge in [0.25, 0.3) is 0 Å². The molecule has 0 saturated carbocycles. The minimum atomic E-state index is 0.459. The van der Waals surface area contributed by atoms with Crippen molar-refractivity contribution in [3.8, 4) is 0 Å². The van der Waals surface area contributed by atoms with E-state index < -0.39 is 0 Å². The number of hydrogen-bond acceptors (Lipinski definition) is 3. The Kier molecular flexibility index (Phi) is 4.99. The van der Waals surface area contributed by atoms with Crippen LogP contribution in [0, 0.1) is 3.57 Å². The molecule has 1 aliphatic rings. The minimum absolute atomic E-state index is 0.459. The van der Waals surface area contributed by atoms with Crippen molar-refractivity contribution in [1.82, 2.24) is 0 Å². The summed E-state index contributed by atoms with van der Waals surface area (Å²) in [6.07, 6.45) is 2.28. The topological polar surface area (TPSA) is 24.4 Å². The summed E-state index contributed by atoms with van der Waals surface area (Å²) >= 11 is 10.2. The van der Waals surface area contributed by atoms with E-state index in [4.69, 9.17) is 11.6 Å². The first kappa shape index (κ1) is 13.5. The first-order valence-electron chi connectivity index (χ1n) is 5.61. The first-order valence-corrected chi connectivity index (χ1v) is 8.06. The Hall–Kier alpha value is 0.0600. The molecule has 0 aliphatic carbocycles. The number of nitrogens with zero attached hydrogens (tertiary/aromatic N) is 1. The Morgan fingerprint density at radius 1 is 1.59 bits per heavy atom. The molecule has 0 bridgehead atoms. The maximum Gasteiger partial charge on any atom is 0.161 e. The van der Waals surface area contributed by atoms with Gasteiger partial charge in [-0.2, -0.15) is 0 Å². The van der Waals surface area contributed by atoms with Gasteiger partial charge in [-0.05, 0) is 53.6 Å². The third kappa shape index (κ3) is 3.76. The Balaban J connectivity index is 2.15. The van der Waals surface area contributed by atoms with Crippen molar-refractivity contribution in [2.45, 2.75) is 25.8 Å². The fourth-order valence-corrected chi connectivity index (χ4v) is 3.28. The summed E-state index contributed by atoms with van der Waals surface area (Å²) in [4.78, 5) is 4.67. The van der Waals surface area contributed by atoms with E-state index in [1.165, 1.54) is 9.99 Å². The summed E-state index contributed by atoms with van der Waals surface area (Å²) in [6, 6.07) is 6.41. The van der Waals surface area contributed by atoms with Crippen molar-refractivity contribution in [3.63, 3.8) is 0 Å². The summed E-state index contributed by atoms with van der Waals surface area (Å²) in [5.74, 6) is 1.13. The van der Waals surface area contributed by atoms with Gasteiger partial charge < -0.3 is 5.32 Å². The van der Waals surface area contributed by atoms with Gasteiger partial charge >= 0.3 is 0 Å². The lowest BCUT2D eigenvalue weighted by molar-refractivity contribution is 0.634. The summed E-state index contributed by atoms with van der Waals surface area (Å²) in [7, 11) is 0. The third-order valence-corrected chi connectivity index (χ3v) is 4.55. The van der Waals surface area contributed by atoms with Crippen molar-refractivity contribution in [2.75, 3.05) is 11.1 Å². The highest BCUT2D eigenvalue weighted by atomic mass is 127. The SMILES string of the molecule is CCC1CCSC(Nc2cc(I)ccc2Cl)=N1. The smallest absolute Gasteiger partial charge is 0.161 e. The van der Waals surface area contributed by atoms with Gasteiger partial charge in [0, 0.05) is 9.32 Å². The van der Waals surface area contributed by atoms with Crippen LogP contribution in [0.2, 0.25) is 5.02 Å². The fourth-order valence-electron chi connectivity index (χ4n) is 1.63. The third-order valence-electron chi connectivity index (χ3n) is 2.63. The van der Waals surface area contributed by atoms with Gasteiger partial charge in [-0.3, -0.25) is 4.99 Å². The summed E-state index contributed by atoms with van der Waals surface area (Å²) < 4.78 is 1.17. The van der Waals surface area contributed by atoms with E-state index in [1.54, 1.807) is 11.8 Å². The molecule has 0 spiro atoms. The van der Waals surface area contributed by atoms with Gasteiger partial charge in [0.1, 0.15) is 0 Å². The molecular formula is C12H14ClIN2S. The predicted molar refractivity (Wildman–Crippen MR) is 86.4 cm³/mol. The number of thioether (sulfide) groups is 1. The van der Waals surface area contributed by atoms with Crippen molar-refractivity contribution in [1.29, 1.82) is 0 Å². The van der Waals surface area contributed by atoms with E-state index in [9.17, 15) is 0 Å². The van der Waals surface area contributed by atoms with E-state index in [1.807, 2.05) is 18.2 Å². The average Bonchev–Trinajstić information content (AvgIpc) is 2.34. The van der Waals surface area contributed by atoms with Gasteiger partial charge in [-0.15, -0.1) is 0 Å². The second-order valence-corrected chi connectivity index (χ2v) is 6.62. The molecule has 2 rings (SSSR count). The molecular weight excluding hydrogens is 367 g/mol. The Labute approximate surface area is 125 Å². The number of halogens is 2. The van der Waals surface area contributed by atoms with Crippen LogP contribution in [0.3, 0.4) is 0 Å². The molecule has 17 heavy (non-hydrogen) atoms. The number of aliphatic imine (C=N–C) groups is 1. The Morgan fingerprint density at radius 2 is 2.41 bits per heavy atom. The van der Waals surface area contributed by atoms with Crippen LogP contribution >= 0.6 is 46.0 Å². The van der Waals surface area contributed by atoms with Crippen LogP contribution in [-0.4, -0.2) is 17.0 Å². The Bertz CT molecular complexity index is 437. The minimum Gasteiger partial charge on any atom is -0.334 e. The van der Waals surface area contributed by atoms with E-state index in [0.717, 1.165) is 28.1 Å². The normalized spacial score (nSPS) is 19.9. The van der Waals surface area contributed by atoms with Crippen LogP contribution in [0.25, 0.3) is 0 Å². The summed E-state index contributed by atoms with van der Waals surface area (Å²) in [5, 5.41) is 5.07. The lowest BCUT2D eigenvalue weighted by atomic mass is 10.2. The first-order chi connectivity index (χ1) is 8.19. The van der Waals surface area contributed by atoms with Crippen LogP contribution in [0.15, 0.2) is 23.2 Å². The van der Waals surface area contributed by atoms with E-state index in [2.05, 4.69) is 39.8 Å². The molecule has 2 nitrogen and oxygen atoms in total. The highest BCUT2D eigenvalue weighted by molar-refractivity contribution is 14.1. The van der Waals surface area contributed by atoms with Gasteiger partial charge in [0.2, 0.25) is 0 Å². The molecule has 1 unspecified atom stereocenters. The van der Waals surface area contributed by atoms with E-state index >= 15 is 0 Å². The summed E-state index contributed by atoms with van der Waals surface area (Å²) in [6.45, 7) is 2.18. The zero-order chi connectivity index (χ0) is 12.3.